The Hall–Kier alpha value is -2.78. The fraction of sp³-hybridized carbons (Fsp3) is 0.167. The minimum atomic E-state index is -0.246. The van der Waals surface area contributed by atoms with Crippen LogP contribution in [0.4, 0.5) is 5.69 Å². The summed E-state index contributed by atoms with van der Waals surface area (Å²) in [4.78, 5) is 12.0. The van der Waals surface area contributed by atoms with Crippen molar-refractivity contribution in [2.24, 2.45) is 5.10 Å². The van der Waals surface area contributed by atoms with E-state index in [4.69, 9.17) is 21.1 Å². The third kappa shape index (κ3) is 7.42. The quantitative estimate of drug-likeness (QED) is 0.195. The molecule has 0 aliphatic carbocycles. The van der Waals surface area contributed by atoms with Crippen molar-refractivity contribution in [2.75, 3.05) is 18.5 Å². The van der Waals surface area contributed by atoms with Crippen LogP contribution < -0.4 is 20.2 Å². The molecule has 166 valence electrons. The Kier molecular flexibility index (Phi) is 9.18. The molecule has 1 amide bonds. The van der Waals surface area contributed by atoms with E-state index in [2.05, 4.69) is 38.4 Å². The van der Waals surface area contributed by atoms with Crippen LogP contribution in [0.25, 0.3) is 0 Å². The summed E-state index contributed by atoms with van der Waals surface area (Å²) in [5, 5.41) is 7.73. The van der Waals surface area contributed by atoms with Crippen molar-refractivity contribution in [1.82, 2.24) is 5.43 Å². The largest absolute Gasteiger partial charge is 0.490 e. The van der Waals surface area contributed by atoms with E-state index >= 15 is 0 Å². The molecule has 0 atom stereocenters. The van der Waals surface area contributed by atoms with E-state index in [0.717, 1.165) is 20.4 Å². The summed E-state index contributed by atoms with van der Waals surface area (Å²) in [6.07, 6.45) is 1.56. The first-order valence-corrected chi connectivity index (χ1v) is 11.4. The van der Waals surface area contributed by atoms with Crippen molar-refractivity contribution in [3.63, 3.8) is 0 Å². The summed E-state index contributed by atoms with van der Waals surface area (Å²) < 4.78 is 12.7. The second-order valence-electron chi connectivity index (χ2n) is 6.67. The number of nitrogens with zero attached hydrogens (tertiary/aromatic N) is 1. The molecule has 0 heterocycles. The molecule has 0 aliphatic heterocycles. The van der Waals surface area contributed by atoms with Crippen molar-refractivity contribution in [3.05, 3.63) is 86.4 Å². The summed E-state index contributed by atoms with van der Waals surface area (Å²) in [5.74, 6) is 0.953. The zero-order valence-electron chi connectivity index (χ0n) is 17.5. The van der Waals surface area contributed by atoms with Crippen molar-refractivity contribution in [3.8, 4) is 11.5 Å². The third-order valence-electron chi connectivity index (χ3n) is 4.31. The number of carbonyl (C=O) groups is 1. The van der Waals surface area contributed by atoms with Crippen molar-refractivity contribution in [2.45, 2.75) is 13.5 Å². The summed E-state index contributed by atoms with van der Waals surface area (Å²) in [5.41, 5.74) is 5.05. The maximum absolute atomic E-state index is 12.0. The topological polar surface area (TPSA) is 72.0 Å². The molecule has 32 heavy (non-hydrogen) atoms. The van der Waals surface area contributed by atoms with Crippen LogP contribution in [0.2, 0.25) is 5.02 Å². The van der Waals surface area contributed by atoms with Crippen LogP contribution in [0.1, 0.15) is 18.1 Å². The van der Waals surface area contributed by atoms with Gasteiger partial charge in [-0.1, -0.05) is 29.8 Å². The number of amides is 1. The molecule has 0 bridgehead atoms. The average molecular weight is 564 g/mol. The molecule has 0 radical (unpaired) electrons. The zero-order chi connectivity index (χ0) is 22.8. The van der Waals surface area contributed by atoms with Crippen LogP contribution >= 0.6 is 34.2 Å². The maximum atomic E-state index is 12.0. The zero-order valence-corrected chi connectivity index (χ0v) is 20.4. The Balaban J connectivity index is 1.55. The van der Waals surface area contributed by atoms with Gasteiger partial charge in [-0.15, -0.1) is 0 Å². The Bertz CT molecular complexity index is 1070. The number of halogens is 2. The van der Waals surface area contributed by atoms with Gasteiger partial charge in [-0.25, -0.2) is 5.43 Å². The molecule has 6 nitrogen and oxygen atoms in total. The molecule has 0 aromatic heterocycles. The number of anilines is 1. The van der Waals surface area contributed by atoms with Gasteiger partial charge in [-0.2, -0.15) is 5.10 Å². The monoisotopic (exact) mass is 563 g/mol. The number of carbonyl (C=O) groups excluding carboxylic acids is 1. The molecule has 8 heteroatoms. The standard InChI is InChI=1S/C24H23ClIN3O3/c1-2-31-23-13-17(7-12-22(23)32-16-18-5-3-4-6-21(18)25)14-28-29-24(30)15-27-20-10-8-19(26)9-11-20/h3-14,27H,2,15-16H2,1H3,(H,29,30)/b28-14-. The molecule has 0 unspecified atom stereocenters. The molecule has 3 aromatic carbocycles. The van der Waals surface area contributed by atoms with E-state index in [1.54, 1.807) is 6.21 Å². The van der Waals surface area contributed by atoms with Crippen LogP contribution in [-0.4, -0.2) is 25.3 Å². The van der Waals surface area contributed by atoms with Crippen LogP contribution in [-0.2, 0) is 11.4 Å². The Morgan fingerprint density at radius 3 is 2.59 bits per heavy atom. The fourth-order valence-corrected chi connectivity index (χ4v) is 3.28. The summed E-state index contributed by atoms with van der Waals surface area (Å²) >= 11 is 8.43. The van der Waals surface area contributed by atoms with Crippen LogP contribution in [0.3, 0.4) is 0 Å². The molecule has 2 N–H and O–H groups in total. The van der Waals surface area contributed by atoms with Crippen molar-refractivity contribution >= 4 is 52.0 Å². The fourth-order valence-electron chi connectivity index (χ4n) is 2.73. The van der Waals surface area contributed by atoms with Crippen LogP contribution in [0.15, 0.2) is 71.8 Å². The number of ether oxygens (including phenoxy) is 2. The lowest BCUT2D eigenvalue weighted by molar-refractivity contribution is -0.119. The number of hydrazone groups is 1. The minimum absolute atomic E-state index is 0.122. The predicted molar refractivity (Wildman–Crippen MR) is 137 cm³/mol. The number of hydrogen-bond acceptors (Lipinski definition) is 5. The van der Waals surface area contributed by atoms with E-state index in [-0.39, 0.29) is 12.5 Å². The smallest absolute Gasteiger partial charge is 0.259 e. The lowest BCUT2D eigenvalue weighted by atomic mass is 10.2. The Morgan fingerprint density at radius 2 is 1.84 bits per heavy atom. The van der Waals surface area contributed by atoms with E-state index in [1.165, 1.54) is 0 Å². The van der Waals surface area contributed by atoms with Crippen molar-refractivity contribution < 1.29 is 14.3 Å². The highest BCUT2D eigenvalue weighted by molar-refractivity contribution is 14.1. The van der Waals surface area contributed by atoms with Crippen LogP contribution in [0, 0.1) is 3.57 Å². The molecular weight excluding hydrogens is 541 g/mol. The summed E-state index contributed by atoms with van der Waals surface area (Å²) in [7, 11) is 0. The van der Waals surface area contributed by atoms with E-state index < -0.39 is 0 Å². The average Bonchev–Trinajstić information content (AvgIpc) is 2.79. The number of rotatable bonds is 10. The minimum Gasteiger partial charge on any atom is -0.490 e. The maximum Gasteiger partial charge on any atom is 0.259 e. The lowest BCUT2D eigenvalue weighted by Crippen LogP contribution is -2.25. The number of hydrogen-bond donors (Lipinski definition) is 2. The molecule has 0 aliphatic rings. The van der Waals surface area contributed by atoms with Gasteiger partial charge in [-0.3, -0.25) is 4.79 Å². The van der Waals surface area contributed by atoms with Gasteiger partial charge in [0.15, 0.2) is 11.5 Å². The molecule has 0 fully saturated rings. The first-order valence-electron chi connectivity index (χ1n) is 9.99. The van der Waals surface area contributed by atoms with Crippen molar-refractivity contribution in [1.29, 1.82) is 0 Å². The summed E-state index contributed by atoms with van der Waals surface area (Å²) in [6.45, 7) is 2.84. The van der Waals surface area contributed by atoms with Gasteiger partial charge in [0.2, 0.25) is 0 Å². The summed E-state index contributed by atoms with van der Waals surface area (Å²) in [6, 6.07) is 20.8. The predicted octanol–water partition coefficient (Wildman–Crippen LogP) is 5.48. The van der Waals surface area contributed by atoms with E-state index in [9.17, 15) is 4.79 Å². The second kappa shape index (κ2) is 12.3. The van der Waals surface area contributed by atoms with E-state index in [1.807, 2.05) is 73.7 Å². The molecule has 3 rings (SSSR count). The molecule has 0 spiro atoms. The highest BCUT2D eigenvalue weighted by atomic mass is 127. The van der Waals surface area contributed by atoms with Gasteiger partial charge in [-0.05, 0) is 83.6 Å². The molecule has 0 saturated carbocycles. The highest BCUT2D eigenvalue weighted by Crippen LogP contribution is 2.29. The van der Waals surface area contributed by atoms with Gasteiger partial charge in [0.05, 0.1) is 19.4 Å². The SMILES string of the molecule is CCOc1cc(/C=N\NC(=O)CNc2ccc(I)cc2)ccc1OCc1ccccc1Cl. The van der Waals surface area contributed by atoms with Gasteiger partial charge in [0, 0.05) is 19.8 Å². The van der Waals surface area contributed by atoms with Gasteiger partial charge in [0.25, 0.3) is 5.91 Å². The molecular formula is C24H23ClIN3O3. The normalized spacial score (nSPS) is 10.7. The Morgan fingerprint density at radius 1 is 1.06 bits per heavy atom. The van der Waals surface area contributed by atoms with E-state index in [0.29, 0.717) is 29.7 Å². The van der Waals surface area contributed by atoms with Gasteiger partial charge < -0.3 is 14.8 Å². The third-order valence-corrected chi connectivity index (χ3v) is 5.40. The van der Waals surface area contributed by atoms with Gasteiger partial charge >= 0.3 is 0 Å². The first kappa shape index (κ1) is 23.9. The lowest BCUT2D eigenvalue weighted by Gasteiger charge is -2.13. The van der Waals surface area contributed by atoms with Gasteiger partial charge in [0.1, 0.15) is 6.61 Å². The number of nitrogens with one attached hydrogen (secondary N) is 2. The molecule has 3 aromatic rings. The number of benzene rings is 3. The first-order chi connectivity index (χ1) is 15.5. The second-order valence-corrected chi connectivity index (χ2v) is 8.33. The van der Waals surface area contributed by atoms with Crippen LogP contribution in [0.5, 0.6) is 11.5 Å². The highest BCUT2D eigenvalue weighted by Gasteiger charge is 2.08. The Labute approximate surface area is 206 Å². The molecule has 0 saturated heterocycles.